The van der Waals surface area contributed by atoms with Crippen LogP contribution in [0.3, 0.4) is 0 Å². The number of thiophene rings is 1. The summed E-state index contributed by atoms with van der Waals surface area (Å²) >= 11 is 3.11. The molecule has 0 radical (unpaired) electrons. The molecule has 1 aliphatic rings. The molecule has 2 aromatic rings. The van der Waals surface area contributed by atoms with E-state index in [0.717, 1.165) is 30.0 Å². The fourth-order valence-corrected chi connectivity index (χ4v) is 3.84. The first-order chi connectivity index (χ1) is 9.29. The molecule has 4 nitrogen and oxygen atoms in total. The number of thiazole rings is 1. The molecule has 2 aromatic heterocycles. The van der Waals surface area contributed by atoms with E-state index in [1.54, 1.807) is 16.2 Å². The average Bonchev–Trinajstić information content (AvgIpc) is 3.16. The molecule has 1 amide bonds. The normalized spacial score (nSPS) is 19.0. The van der Waals surface area contributed by atoms with Crippen molar-refractivity contribution in [3.63, 3.8) is 0 Å². The highest BCUT2D eigenvalue weighted by molar-refractivity contribution is 7.14. The molecule has 0 spiro atoms. The number of aromatic nitrogens is 1. The maximum absolute atomic E-state index is 12.4. The zero-order valence-electron chi connectivity index (χ0n) is 10.3. The van der Waals surface area contributed by atoms with Gasteiger partial charge < -0.3 is 10.0 Å². The van der Waals surface area contributed by atoms with Crippen molar-refractivity contribution in [2.45, 2.75) is 18.9 Å². The molecule has 1 saturated heterocycles. The van der Waals surface area contributed by atoms with Crippen LogP contribution in [0.2, 0.25) is 0 Å². The van der Waals surface area contributed by atoms with Gasteiger partial charge in [-0.2, -0.15) is 11.3 Å². The van der Waals surface area contributed by atoms with Gasteiger partial charge in [0.2, 0.25) is 0 Å². The second-order valence-corrected chi connectivity index (χ2v) is 6.17. The smallest absolute Gasteiger partial charge is 0.273 e. The van der Waals surface area contributed by atoms with Gasteiger partial charge in [0.05, 0.1) is 12.6 Å². The number of amides is 1. The van der Waals surface area contributed by atoms with Crippen LogP contribution in [0, 0.1) is 0 Å². The molecule has 0 saturated carbocycles. The highest BCUT2D eigenvalue weighted by atomic mass is 32.1. The highest BCUT2D eigenvalue weighted by Crippen LogP contribution is 2.27. The number of carbonyl (C=O) groups excluding carboxylic acids is 1. The van der Waals surface area contributed by atoms with Gasteiger partial charge in [0.1, 0.15) is 10.7 Å². The van der Waals surface area contributed by atoms with E-state index in [-0.39, 0.29) is 18.6 Å². The van der Waals surface area contributed by atoms with Gasteiger partial charge in [0, 0.05) is 22.9 Å². The number of hydrogen-bond donors (Lipinski definition) is 1. The summed E-state index contributed by atoms with van der Waals surface area (Å²) in [6, 6.07) is 1.96. The number of likely N-dealkylation sites (tertiary alicyclic amines) is 1. The third-order valence-electron chi connectivity index (χ3n) is 3.34. The fourth-order valence-electron chi connectivity index (χ4n) is 2.33. The standard InChI is InChI=1S/C13H14N2O2S2/c16-6-10-2-1-4-15(10)13(17)11-8-19-12(14-11)9-3-5-18-7-9/h3,5,7-8,10,16H,1-2,4,6H2. The van der Waals surface area contributed by atoms with Crippen molar-refractivity contribution in [3.05, 3.63) is 27.9 Å². The van der Waals surface area contributed by atoms with Gasteiger partial charge in [0.15, 0.2) is 0 Å². The largest absolute Gasteiger partial charge is 0.394 e. The lowest BCUT2D eigenvalue weighted by Crippen LogP contribution is -2.37. The molecule has 0 bridgehead atoms. The summed E-state index contributed by atoms with van der Waals surface area (Å²) in [6.07, 6.45) is 1.84. The first-order valence-corrected chi connectivity index (χ1v) is 8.02. The number of aliphatic hydroxyl groups excluding tert-OH is 1. The van der Waals surface area contributed by atoms with Gasteiger partial charge in [-0.05, 0) is 24.3 Å². The quantitative estimate of drug-likeness (QED) is 0.946. The van der Waals surface area contributed by atoms with Crippen molar-refractivity contribution < 1.29 is 9.90 Å². The number of rotatable bonds is 3. The Bertz CT molecular complexity index is 565. The summed E-state index contributed by atoms with van der Waals surface area (Å²) in [5, 5.41) is 16.0. The molecule has 0 aromatic carbocycles. The molecule has 1 unspecified atom stereocenters. The molecule has 100 valence electrons. The van der Waals surface area contributed by atoms with E-state index >= 15 is 0 Å². The number of nitrogens with zero attached hydrogens (tertiary/aromatic N) is 2. The summed E-state index contributed by atoms with van der Waals surface area (Å²) in [5.41, 5.74) is 1.56. The van der Waals surface area contributed by atoms with Crippen LogP contribution >= 0.6 is 22.7 Å². The predicted molar refractivity (Wildman–Crippen MR) is 76.6 cm³/mol. The van der Waals surface area contributed by atoms with Crippen molar-refractivity contribution in [2.75, 3.05) is 13.2 Å². The Balaban J connectivity index is 1.81. The van der Waals surface area contributed by atoms with Gasteiger partial charge in [-0.15, -0.1) is 11.3 Å². The van der Waals surface area contributed by atoms with Crippen molar-refractivity contribution in [1.29, 1.82) is 0 Å². The van der Waals surface area contributed by atoms with Crippen LogP contribution in [0.4, 0.5) is 0 Å². The topological polar surface area (TPSA) is 53.4 Å². The van der Waals surface area contributed by atoms with Crippen LogP contribution in [0.25, 0.3) is 10.6 Å². The van der Waals surface area contributed by atoms with Crippen molar-refractivity contribution >= 4 is 28.6 Å². The number of carbonyl (C=O) groups is 1. The zero-order chi connectivity index (χ0) is 13.2. The third kappa shape index (κ3) is 2.43. The van der Waals surface area contributed by atoms with E-state index in [4.69, 9.17) is 0 Å². The monoisotopic (exact) mass is 294 g/mol. The summed E-state index contributed by atoms with van der Waals surface area (Å²) in [5.74, 6) is -0.0609. The summed E-state index contributed by atoms with van der Waals surface area (Å²) < 4.78 is 0. The summed E-state index contributed by atoms with van der Waals surface area (Å²) in [7, 11) is 0. The minimum atomic E-state index is -0.0609. The lowest BCUT2D eigenvalue weighted by Gasteiger charge is -2.21. The lowest BCUT2D eigenvalue weighted by molar-refractivity contribution is 0.0672. The van der Waals surface area contributed by atoms with Crippen molar-refractivity contribution in [3.8, 4) is 10.6 Å². The molecule has 1 atom stereocenters. The SMILES string of the molecule is O=C(c1csc(-c2ccsc2)n1)N1CCCC1CO. The van der Waals surface area contributed by atoms with E-state index in [1.807, 2.05) is 22.2 Å². The maximum Gasteiger partial charge on any atom is 0.273 e. The Labute approximate surface area is 119 Å². The van der Waals surface area contributed by atoms with Crippen LogP contribution in [0.15, 0.2) is 22.2 Å². The van der Waals surface area contributed by atoms with E-state index in [9.17, 15) is 9.90 Å². The molecular weight excluding hydrogens is 280 g/mol. The average molecular weight is 294 g/mol. The van der Waals surface area contributed by atoms with E-state index in [1.165, 1.54) is 11.3 Å². The van der Waals surface area contributed by atoms with Crippen LogP contribution in [0.5, 0.6) is 0 Å². The van der Waals surface area contributed by atoms with E-state index in [2.05, 4.69) is 4.98 Å². The minimum Gasteiger partial charge on any atom is -0.394 e. The molecule has 0 aliphatic carbocycles. The minimum absolute atomic E-state index is 0.0350. The Kier molecular flexibility index (Phi) is 3.63. The molecule has 6 heteroatoms. The number of aliphatic hydroxyl groups is 1. The molecular formula is C13H14N2O2S2. The fraction of sp³-hybridized carbons (Fsp3) is 0.385. The first-order valence-electron chi connectivity index (χ1n) is 6.19. The second-order valence-electron chi connectivity index (χ2n) is 4.53. The molecule has 3 heterocycles. The van der Waals surface area contributed by atoms with Crippen molar-refractivity contribution in [2.24, 2.45) is 0 Å². The maximum atomic E-state index is 12.4. The third-order valence-corrected chi connectivity index (χ3v) is 4.91. The van der Waals surface area contributed by atoms with Gasteiger partial charge in [0.25, 0.3) is 5.91 Å². The summed E-state index contributed by atoms with van der Waals surface area (Å²) in [4.78, 5) is 18.5. The van der Waals surface area contributed by atoms with Crippen LogP contribution in [-0.4, -0.2) is 40.1 Å². The van der Waals surface area contributed by atoms with Crippen LogP contribution < -0.4 is 0 Å². The van der Waals surface area contributed by atoms with Gasteiger partial charge in [-0.3, -0.25) is 4.79 Å². The Morgan fingerprint density at radius 2 is 2.42 bits per heavy atom. The van der Waals surface area contributed by atoms with Crippen LogP contribution in [0.1, 0.15) is 23.3 Å². The molecule has 3 rings (SSSR count). The van der Waals surface area contributed by atoms with Gasteiger partial charge >= 0.3 is 0 Å². The molecule has 1 fully saturated rings. The summed E-state index contributed by atoms with van der Waals surface area (Å²) in [6.45, 7) is 0.753. The predicted octanol–water partition coefficient (Wildman–Crippen LogP) is 2.47. The number of hydrogen-bond acceptors (Lipinski definition) is 5. The highest BCUT2D eigenvalue weighted by Gasteiger charge is 2.30. The lowest BCUT2D eigenvalue weighted by atomic mass is 10.2. The first kappa shape index (κ1) is 12.8. The zero-order valence-corrected chi connectivity index (χ0v) is 11.9. The Hall–Kier alpha value is -1.24. The molecule has 1 aliphatic heterocycles. The van der Waals surface area contributed by atoms with Gasteiger partial charge in [-0.1, -0.05) is 0 Å². The van der Waals surface area contributed by atoms with E-state index in [0.29, 0.717) is 5.69 Å². The molecule has 1 N–H and O–H groups in total. The van der Waals surface area contributed by atoms with Crippen molar-refractivity contribution in [1.82, 2.24) is 9.88 Å². The molecule has 19 heavy (non-hydrogen) atoms. The van der Waals surface area contributed by atoms with Gasteiger partial charge in [-0.25, -0.2) is 4.98 Å². The Morgan fingerprint density at radius 3 is 3.16 bits per heavy atom. The van der Waals surface area contributed by atoms with E-state index < -0.39 is 0 Å². The Morgan fingerprint density at radius 1 is 1.53 bits per heavy atom. The van der Waals surface area contributed by atoms with Crippen LogP contribution in [-0.2, 0) is 0 Å². The second kappa shape index (κ2) is 5.40.